The maximum absolute atomic E-state index is 14.5. The van der Waals surface area contributed by atoms with E-state index in [0.29, 0.717) is 25.9 Å². The Morgan fingerprint density at radius 1 is 0.968 bits per heavy atom. The van der Waals surface area contributed by atoms with Gasteiger partial charge in [-0.25, -0.2) is 4.79 Å². The van der Waals surface area contributed by atoms with Crippen molar-refractivity contribution in [3.05, 3.63) is 35.9 Å². The molecule has 1 aromatic rings. The van der Waals surface area contributed by atoms with Crippen LogP contribution >= 0.6 is 0 Å². The molecule has 0 aromatic heterocycles. The van der Waals surface area contributed by atoms with Gasteiger partial charge in [-0.3, -0.25) is 4.79 Å². The largest absolute Gasteiger partial charge is 0.459 e. The summed E-state index contributed by atoms with van der Waals surface area (Å²) in [5.74, 6) is -2.75. The second-order valence-electron chi connectivity index (χ2n) is 19.7. The molecule has 5 N–H and O–H groups in total. The van der Waals surface area contributed by atoms with E-state index in [0.717, 1.165) is 5.56 Å². The fraction of sp³-hybridized carbons (Fsp3) is 0.830. The summed E-state index contributed by atoms with van der Waals surface area (Å²) in [6.45, 7) is 18.4. The highest BCUT2D eigenvalue weighted by Gasteiger charge is 2.53. The number of ether oxygens (including phenoxy) is 7. The number of aliphatic hydroxyl groups excluding tert-OH is 2. The number of esters is 1. The highest BCUT2D eigenvalue weighted by Crippen LogP contribution is 2.41. The van der Waals surface area contributed by atoms with Crippen LogP contribution in [0.5, 0.6) is 0 Å². The summed E-state index contributed by atoms with van der Waals surface area (Å²) < 4.78 is 44.5. The van der Waals surface area contributed by atoms with Gasteiger partial charge in [0.15, 0.2) is 18.7 Å². The summed E-state index contributed by atoms with van der Waals surface area (Å²) in [5, 5.41) is 50.7. The maximum Gasteiger partial charge on any atom is 0.407 e. The maximum atomic E-state index is 14.5. The van der Waals surface area contributed by atoms with Crippen molar-refractivity contribution in [3.8, 4) is 0 Å². The Morgan fingerprint density at radius 3 is 2.22 bits per heavy atom. The molecule has 0 spiro atoms. The number of alkyl carbamates (subject to hydrolysis) is 1. The molecule has 3 fully saturated rings. The number of cyclic esters (lactones) is 1. The van der Waals surface area contributed by atoms with Gasteiger partial charge in [-0.05, 0) is 107 Å². The quantitative estimate of drug-likeness (QED) is 0.201. The van der Waals surface area contributed by atoms with Crippen LogP contribution in [-0.2, 0) is 44.4 Å². The van der Waals surface area contributed by atoms with Gasteiger partial charge in [0.05, 0.1) is 35.9 Å². The highest BCUT2D eigenvalue weighted by atomic mass is 16.7. The van der Waals surface area contributed by atoms with Crippen molar-refractivity contribution >= 4 is 12.1 Å². The van der Waals surface area contributed by atoms with Gasteiger partial charge >= 0.3 is 12.1 Å². The lowest BCUT2D eigenvalue weighted by Crippen LogP contribution is -2.61. The fourth-order valence-corrected chi connectivity index (χ4v) is 10.1. The highest BCUT2D eigenvalue weighted by molar-refractivity contribution is 5.73. The van der Waals surface area contributed by atoms with E-state index in [1.807, 2.05) is 82.0 Å². The van der Waals surface area contributed by atoms with E-state index < -0.39 is 102 Å². The minimum absolute atomic E-state index is 0.0783. The average Bonchev–Trinajstić information content (AvgIpc) is 3.21. The van der Waals surface area contributed by atoms with E-state index in [-0.39, 0.29) is 37.3 Å². The van der Waals surface area contributed by atoms with Crippen LogP contribution in [0.25, 0.3) is 0 Å². The first kappa shape index (κ1) is 53.1. The van der Waals surface area contributed by atoms with Crippen molar-refractivity contribution in [1.29, 1.82) is 0 Å². The van der Waals surface area contributed by atoms with Gasteiger partial charge in [-0.1, -0.05) is 51.1 Å². The van der Waals surface area contributed by atoms with E-state index >= 15 is 0 Å². The van der Waals surface area contributed by atoms with Crippen molar-refractivity contribution in [3.63, 3.8) is 0 Å². The lowest BCUT2D eigenvalue weighted by Gasteiger charge is -2.49. The molecule has 0 saturated carbocycles. The molecule has 18 atom stereocenters. The van der Waals surface area contributed by atoms with Crippen LogP contribution in [0.1, 0.15) is 100 Å². The van der Waals surface area contributed by atoms with Crippen molar-refractivity contribution < 1.29 is 63.2 Å². The van der Waals surface area contributed by atoms with Crippen LogP contribution < -0.4 is 5.32 Å². The Morgan fingerprint density at radius 2 is 1.62 bits per heavy atom. The Balaban J connectivity index is 1.72. The third-order valence-corrected chi connectivity index (χ3v) is 13.9. The van der Waals surface area contributed by atoms with Gasteiger partial charge in [0.25, 0.3) is 0 Å². The van der Waals surface area contributed by atoms with Crippen LogP contribution in [0.15, 0.2) is 30.3 Å². The first-order valence-electron chi connectivity index (χ1n) is 22.9. The average molecular weight is 896 g/mol. The number of carbonyl (C=O) groups is 2. The zero-order chi connectivity index (χ0) is 47.2. The number of amides is 1. The molecule has 3 aliphatic rings. The summed E-state index contributed by atoms with van der Waals surface area (Å²) in [7, 11) is 7.12. The zero-order valence-electron chi connectivity index (χ0n) is 40.4. The van der Waals surface area contributed by atoms with Crippen molar-refractivity contribution in [2.75, 3.05) is 41.3 Å². The molecule has 63 heavy (non-hydrogen) atoms. The molecule has 3 saturated heterocycles. The number of hydrogen-bond acceptors (Lipinski definition) is 15. The molecule has 16 heteroatoms. The molecule has 0 aliphatic carbocycles. The molecule has 1 amide bonds. The second kappa shape index (κ2) is 22.3. The van der Waals surface area contributed by atoms with Gasteiger partial charge in [-0.2, -0.15) is 0 Å². The molecule has 4 rings (SSSR count). The molecular formula is C47H81N3O13. The fourth-order valence-electron chi connectivity index (χ4n) is 10.1. The monoisotopic (exact) mass is 896 g/mol. The summed E-state index contributed by atoms with van der Waals surface area (Å²) in [4.78, 5) is 31.4. The lowest BCUT2D eigenvalue weighted by molar-refractivity contribution is -0.317. The van der Waals surface area contributed by atoms with Crippen LogP contribution in [0, 0.1) is 17.8 Å². The molecule has 0 unspecified atom stereocenters. The number of benzene rings is 1. The third-order valence-electron chi connectivity index (χ3n) is 13.9. The van der Waals surface area contributed by atoms with Gasteiger partial charge in [0, 0.05) is 44.6 Å². The first-order valence-corrected chi connectivity index (χ1v) is 22.9. The molecule has 362 valence electrons. The minimum atomic E-state index is -1.83. The van der Waals surface area contributed by atoms with Crippen LogP contribution in [0.4, 0.5) is 4.79 Å². The van der Waals surface area contributed by atoms with Crippen molar-refractivity contribution in [2.45, 2.75) is 192 Å². The second-order valence-corrected chi connectivity index (χ2v) is 19.7. The van der Waals surface area contributed by atoms with Crippen LogP contribution in [0.2, 0.25) is 0 Å². The number of likely N-dealkylation sites (N-methyl/N-ethyl adjacent to an activating group) is 2. The molecule has 3 aliphatic heterocycles. The summed E-state index contributed by atoms with van der Waals surface area (Å²) in [6.07, 6.45) is -8.63. The number of methoxy groups -OCH3 is 1. The normalized spacial score (nSPS) is 42.8. The number of rotatable bonds is 11. The van der Waals surface area contributed by atoms with E-state index in [2.05, 4.69) is 5.32 Å². The van der Waals surface area contributed by atoms with Gasteiger partial charge in [-0.15, -0.1) is 0 Å². The third kappa shape index (κ3) is 13.1. The number of aliphatic hydroxyl groups is 4. The number of carbonyl (C=O) groups excluding carboxylic acids is 2. The predicted molar refractivity (Wildman–Crippen MR) is 237 cm³/mol. The Hall–Kier alpha value is -2.48. The molecule has 3 heterocycles. The zero-order valence-corrected chi connectivity index (χ0v) is 40.4. The predicted octanol–water partition coefficient (Wildman–Crippen LogP) is 3.88. The standard InChI is InChI=1S/C47H81N3O13/c1-15-35-47(10,56)39(52)31(6)50(13)26-27(2)24-45(8,55)40(62-43-37(51)34(49(11)12)23-28(3)58-43)29(4)38(30(5)42(53)60-35)61-36-25-46(9,57-14)41(32(7)59-36)63-44(54)48-22-21-33-19-17-16-18-20-33/h16-20,27-32,34-41,43,51-52,55-56H,15,21-26H2,1-14H3,(H,48,54)/t27-,28-,29+,30-,31-,32+,34+,35-,36+,37-,38+,39-,40-,41+,43+,45+,46-,47-/m1/s1. The van der Waals surface area contributed by atoms with Crippen LogP contribution in [0.3, 0.4) is 0 Å². The number of hydrogen-bond donors (Lipinski definition) is 5. The summed E-state index contributed by atoms with van der Waals surface area (Å²) in [5.41, 5.74) is -3.47. The Bertz CT molecular complexity index is 1590. The summed E-state index contributed by atoms with van der Waals surface area (Å²) in [6, 6.07) is 8.93. The van der Waals surface area contributed by atoms with E-state index in [4.69, 9.17) is 33.2 Å². The number of nitrogens with zero attached hydrogens (tertiary/aromatic N) is 2. The smallest absolute Gasteiger partial charge is 0.407 e. The van der Waals surface area contributed by atoms with Gasteiger partial charge in [0.1, 0.15) is 29.5 Å². The first-order chi connectivity index (χ1) is 29.4. The Labute approximate surface area is 376 Å². The van der Waals surface area contributed by atoms with E-state index in [1.54, 1.807) is 41.5 Å². The molecule has 1 aromatic carbocycles. The molecular weight excluding hydrogens is 815 g/mol. The lowest BCUT2D eigenvalue weighted by atomic mass is 9.77. The minimum Gasteiger partial charge on any atom is -0.459 e. The molecule has 16 nitrogen and oxygen atoms in total. The van der Waals surface area contributed by atoms with E-state index in [1.165, 1.54) is 14.0 Å². The topological polar surface area (TPSA) is 198 Å². The van der Waals surface area contributed by atoms with Crippen LogP contribution in [-0.4, -0.2) is 174 Å². The molecule has 0 bridgehead atoms. The van der Waals surface area contributed by atoms with Gasteiger partial charge < -0.3 is 68.7 Å². The number of nitrogens with one attached hydrogen (secondary N) is 1. The SMILES string of the molecule is CC[C@H]1OC(=O)[C@H](C)[C@@H](O[C@H]2C[C@@](C)(OC)[C@@H](OC(=O)NCCc3ccccc3)[C@H](C)O2)[C@H](C)[C@@H](O[C@@H]2O[C@H](C)C[C@H](N(C)C)[C@H]2O)[C@@](C)(O)C[C@@H](C)CN(C)[C@H](C)[C@@H](O)[C@]1(C)O. The Kier molecular flexibility index (Phi) is 18.8. The summed E-state index contributed by atoms with van der Waals surface area (Å²) >= 11 is 0. The van der Waals surface area contributed by atoms with Crippen molar-refractivity contribution in [1.82, 2.24) is 15.1 Å². The molecule has 0 radical (unpaired) electrons. The van der Waals surface area contributed by atoms with E-state index in [9.17, 15) is 30.0 Å². The van der Waals surface area contributed by atoms with Gasteiger partial charge in [0.2, 0.25) is 0 Å². The van der Waals surface area contributed by atoms with Crippen molar-refractivity contribution in [2.24, 2.45) is 17.8 Å².